The summed E-state index contributed by atoms with van der Waals surface area (Å²) in [5, 5.41) is 12.3. The number of piperazine rings is 1. The molecule has 2 saturated heterocycles. The summed E-state index contributed by atoms with van der Waals surface area (Å²) in [6.45, 7) is 3.80. The van der Waals surface area contributed by atoms with Crippen molar-refractivity contribution in [2.75, 3.05) is 56.2 Å². The Hall–Kier alpha value is -3.39. The summed E-state index contributed by atoms with van der Waals surface area (Å²) in [5.74, 6) is -0.0616. The first-order valence-electron chi connectivity index (χ1n) is 14.7. The van der Waals surface area contributed by atoms with Crippen LogP contribution in [0.5, 0.6) is 6.01 Å². The highest BCUT2D eigenvalue weighted by molar-refractivity contribution is 6.36. The van der Waals surface area contributed by atoms with Crippen molar-refractivity contribution in [2.24, 2.45) is 0 Å². The lowest BCUT2D eigenvalue weighted by Gasteiger charge is -2.42. The number of hydrogen-bond donors (Lipinski definition) is 0. The van der Waals surface area contributed by atoms with E-state index in [9.17, 15) is 14.4 Å². The maximum Gasteiger partial charge on any atom is 0.318 e. The van der Waals surface area contributed by atoms with Crippen molar-refractivity contribution >= 4 is 51.4 Å². The van der Waals surface area contributed by atoms with Crippen LogP contribution in [-0.2, 0) is 17.8 Å². The number of benzene rings is 2. The topological polar surface area (TPSA) is 88.8 Å². The Morgan fingerprint density at radius 3 is 2.70 bits per heavy atom. The van der Waals surface area contributed by atoms with Crippen LogP contribution < -0.4 is 14.5 Å². The number of carbonyl (C=O) groups is 1. The van der Waals surface area contributed by atoms with Gasteiger partial charge in [0.2, 0.25) is 0 Å². The SMILES string of the molecule is CN1CCC[C@H]1COc1nc2c(c(N3CCN(C(=O)C(F)Cl)[C@@H](CC#N)C3)n1)CCN(c1cccc3cccc(Cl)c13)C2. The second-order valence-electron chi connectivity index (χ2n) is 11.4. The first kappa shape index (κ1) is 29.7. The molecule has 4 heterocycles. The van der Waals surface area contributed by atoms with Gasteiger partial charge in [0.15, 0.2) is 0 Å². The summed E-state index contributed by atoms with van der Waals surface area (Å²) in [6.07, 6.45) is 2.94. The van der Waals surface area contributed by atoms with Gasteiger partial charge in [-0.05, 0) is 50.4 Å². The number of nitriles is 1. The fourth-order valence-corrected chi connectivity index (χ4v) is 6.97. The second-order valence-corrected chi connectivity index (χ2v) is 12.2. The first-order valence-corrected chi connectivity index (χ1v) is 15.5. The molecule has 3 aliphatic heterocycles. The van der Waals surface area contributed by atoms with E-state index in [2.05, 4.69) is 46.0 Å². The van der Waals surface area contributed by atoms with Crippen molar-refractivity contribution < 1.29 is 13.9 Å². The smallest absolute Gasteiger partial charge is 0.318 e. The molecule has 0 aliphatic carbocycles. The Bertz CT molecular complexity index is 1550. The average Bonchev–Trinajstić information content (AvgIpc) is 3.43. The van der Waals surface area contributed by atoms with Crippen LogP contribution in [0.3, 0.4) is 0 Å². The Morgan fingerprint density at radius 1 is 1.14 bits per heavy atom. The minimum absolute atomic E-state index is 0.0616. The van der Waals surface area contributed by atoms with Gasteiger partial charge in [0.25, 0.3) is 11.5 Å². The number of hydrogen-bond acceptors (Lipinski definition) is 8. The molecule has 0 spiro atoms. The highest BCUT2D eigenvalue weighted by Crippen LogP contribution is 2.37. The fraction of sp³-hybridized carbons (Fsp3) is 0.484. The first-order chi connectivity index (χ1) is 20.8. The third kappa shape index (κ3) is 6.03. The Morgan fingerprint density at radius 2 is 1.95 bits per heavy atom. The fourth-order valence-electron chi connectivity index (χ4n) is 6.56. The number of amides is 1. The quantitative estimate of drug-likeness (QED) is 0.347. The lowest BCUT2D eigenvalue weighted by Crippen LogP contribution is -2.57. The van der Waals surface area contributed by atoms with E-state index in [0.717, 1.165) is 59.5 Å². The number of rotatable bonds is 7. The van der Waals surface area contributed by atoms with Crippen LogP contribution in [0.4, 0.5) is 15.9 Å². The average molecular weight is 627 g/mol. The summed E-state index contributed by atoms with van der Waals surface area (Å²) in [5.41, 5.74) is 0.799. The standard InChI is InChI=1S/C31H34Cl2FN7O2/c1-38-13-4-7-22(38)19-43-31-36-25-18-39(26-9-3-6-20-5-2-8-24(32)27(20)26)14-11-23(25)29(37-31)40-15-16-41(30(42)28(33)34)21(17-40)10-12-35/h2-3,5-6,8-9,21-22,28H,4,7,10-11,13-19H2,1H3/t21-,22-,28?/m0/s1. The zero-order valence-electron chi connectivity index (χ0n) is 24.1. The van der Waals surface area contributed by atoms with Crippen molar-refractivity contribution in [3.8, 4) is 12.1 Å². The number of ether oxygens (including phenoxy) is 1. The van der Waals surface area contributed by atoms with Gasteiger partial charge in [0.05, 0.1) is 35.8 Å². The number of likely N-dealkylation sites (N-methyl/N-ethyl adjacent to an activating group) is 1. The molecule has 3 aliphatic rings. The van der Waals surface area contributed by atoms with Gasteiger partial charge in [-0.15, -0.1) is 0 Å². The largest absolute Gasteiger partial charge is 0.462 e. The second kappa shape index (κ2) is 12.7. The zero-order chi connectivity index (χ0) is 30.1. The molecular formula is C31H34Cl2FN7O2. The van der Waals surface area contributed by atoms with E-state index in [1.165, 1.54) is 4.90 Å². The molecule has 3 atom stereocenters. The molecule has 0 N–H and O–H groups in total. The van der Waals surface area contributed by atoms with Gasteiger partial charge in [-0.3, -0.25) is 4.79 Å². The number of anilines is 2. The predicted molar refractivity (Wildman–Crippen MR) is 166 cm³/mol. The van der Waals surface area contributed by atoms with Crippen molar-refractivity contribution in [1.82, 2.24) is 19.8 Å². The molecule has 0 radical (unpaired) electrons. The van der Waals surface area contributed by atoms with Crippen LogP contribution in [0.15, 0.2) is 36.4 Å². The minimum Gasteiger partial charge on any atom is -0.462 e. The lowest BCUT2D eigenvalue weighted by molar-refractivity contribution is -0.136. The van der Waals surface area contributed by atoms with E-state index in [-0.39, 0.29) is 13.0 Å². The molecule has 0 saturated carbocycles. The van der Waals surface area contributed by atoms with E-state index in [1.54, 1.807) is 0 Å². The van der Waals surface area contributed by atoms with Crippen molar-refractivity contribution in [3.63, 3.8) is 0 Å². The summed E-state index contributed by atoms with van der Waals surface area (Å²) in [7, 11) is 2.10. The molecule has 1 amide bonds. The number of halogens is 3. The Kier molecular flexibility index (Phi) is 8.75. The van der Waals surface area contributed by atoms with E-state index in [4.69, 9.17) is 37.9 Å². The zero-order valence-corrected chi connectivity index (χ0v) is 25.6. The maximum atomic E-state index is 13.8. The van der Waals surface area contributed by atoms with E-state index < -0.39 is 17.6 Å². The van der Waals surface area contributed by atoms with Crippen LogP contribution in [-0.4, -0.2) is 89.8 Å². The van der Waals surface area contributed by atoms with Gasteiger partial charge in [0.1, 0.15) is 12.4 Å². The predicted octanol–water partition coefficient (Wildman–Crippen LogP) is 4.78. The van der Waals surface area contributed by atoms with Crippen molar-refractivity contribution in [1.29, 1.82) is 5.26 Å². The molecule has 9 nitrogen and oxygen atoms in total. The minimum atomic E-state index is -2.14. The van der Waals surface area contributed by atoms with Crippen LogP contribution in [0.25, 0.3) is 10.8 Å². The number of fused-ring (bicyclic) bond motifs is 2. The number of aromatic nitrogens is 2. The Labute approximate surface area is 260 Å². The molecular weight excluding hydrogens is 592 g/mol. The van der Waals surface area contributed by atoms with Gasteiger partial charge in [-0.2, -0.15) is 15.2 Å². The van der Waals surface area contributed by atoms with Crippen LogP contribution in [0.2, 0.25) is 5.02 Å². The van der Waals surface area contributed by atoms with Gasteiger partial charge in [0, 0.05) is 48.9 Å². The van der Waals surface area contributed by atoms with Gasteiger partial charge < -0.3 is 24.3 Å². The highest BCUT2D eigenvalue weighted by Gasteiger charge is 2.36. The summed E-state index contributed by atoms with van der Waals surface area (Å²) in [6, 6.07) is 14.4. The third-order valence-corrected chi connectivity index (χ3v) is 9.35. The molecule has 1 unspecified atom stereocenters. The summed E-state index contributed by atoms with van der Waals surface area (Å²) >= 11 is 12.2. The summed E-state index contributed by atoms with van der Waals surface area (Å²) < 4.78 is 20.0. The van der Waals surface area contributed by atoms with Crippen LogP contribution >= 0.6 is 23.2 Å². The molecule has 12 heteroatoms. The van der Waals surface area contributed by atoms with Gasteiger partial charge in [-0.25, -0.2) is 4.39 Å². The molecule has 43 heavy (non-hydrogen) atoms. The molecule has 6 rings (SSSR count). The van der Waals surface area contributed by atoms with E-state index >= 15 is 0 Å². The molecule has 3 aromatic rings. The normalized spacial score (nSPS) is 21.5. The third-order valence-electron chi connectivity index (χ3n) is 8.85. The van der Waals surface area contributed by atoms with Crippen LogP contribution in [0.1, 0.15) is 30.5 Å². The van der Waals surface area contributed by atoms with Gasteiger partial charge in [-0.1, -0.05) is 47.5 Å². The monoisotopic (exact) mass is 625 g/mol. The molecule has 226 valence electrons. The Balaban J connectivity index is 1.33. The maximum absolute atomic E-state index is 13.8. The van der Waals surface area contributed by atoms with Crippen molar-refractivity contribution in [2.45, 2.75) is 49.9 Å². The molecule has 0 bridgehead atoms. The molecule has 2 aromatic carbocycles. The number of likely N-dealkylation sites (tertiary alicyclic amines) is 1. The number of alkyl halides is 2. The molecule has 1 aromatic heterocycles. The lowest BCUT2D eigenvalue weighted by atomic mass is 10.0. The number of nitrogens with zero attached hydrogens (tertiary/aromatic N) is 7. The molecule has 2 fully saturated rings. The van der Waals surface area contributed by atoms with Gasteiger partial charge >= 0.3 is 6.01 Å². The van der Waals surface area contributed by atoms with Crippen molar-refractivity contribution in [3.05, 3.63) is 52.7 Å². The highest BCUT2D eigenvalue weighted by atomic mass is 35.5. The van der Waals surface area contributed by atoms with E-state index in [1.807, 2.05) is 18.2 Å². The summed E-state index contributed by atoms with van der Waals surface area (Å²) in [4.78, 5) is 30.3. The van der Waals surface area contributed by atoms with Crippen LogP contribution in [0, 0.1) is 11.3 Å². The van der Waals surface area contributed by atoms with E-state index in [0.29, 0.717) is 49.7 Å². The number of carbonyl (C=O) groups excluding carboxylic acids is 1.